The molecule has 0 aliphatic carbocycles. The number of nitrogens with zero attached hydrogens (tertiary/aromatic N) is 2. The average molecular weight is 275 g/mol. The summed E-state index contributed by atoms with van der Waals surface area (Å²) in [7, 11) is 3.94. The van der Waals surface area contributed by atoms with Gasteiger partial charge in [-0.2, -0.15) is 5.10 Å². The molecule has 0 saturated heterocycles. The lowest BCUT2D eigenvalue weighted by molar-refractivity contribution is 0.552. The van der Waals surface area contributed by atoms with Crippen LogP contribution in [0.25, 0.3) is 0 Å². The van der Waals surface area contributed by atoms with Gasteiger partial charge in [-0.25, -0.2) is 4.39 Å². The first-order chi connectivity index (χ1) is 9.51. The van der Waals surface area contributed by atoms with E-state index in [-0.39, 0.29) is 5.82 Å². The second kappa shape index (κ2) is 6.18. The number of rotatable bonds is 5. The lowest BCUT2D eigenvalue weighted by atomic mass is 9.98. The van der Waals surface area contributed by atoms with Crippen LogP contribution in [0.1, 0.15) is 22.5 Å². The molecule has 20 heavy (non-hydrogen) atoms. The van der Waals surface area contributed by atoms with Gasteiger partial charge in [-0.3, -0.25) is 4.68 Å². The minimum Gasteiger partial charge on any atom is -0.316 e. The van der Waals surface area contributed by atoms with Crippen molar-refractivity contribution in [3.8, 4) is 0 Å². The molecule has 0 fully saturated rings. The van der Waals surface area contributed by atoms with Crippen molar-refractivity contribution < 1.29 is 4.39 Å². The first kappa shape index (κ1) is 14.7. The molecule has 0 amide bonds. The summed E-state index contributed by atoms with van der Waals surface area (Å²) in [5.41, 5.74) is 4.74. The second-order valence-corrected chi connectivity index (χ2v) is 5.29. The standard InChI is InChI=1S/C16H22FN3/c1-11-16(12(2)20(4)19-11)10-15(18-3)9-13-5-7-14(17)8-6-13/h5-8,15,18H,9-10H2,1-4H3. The molecule has 0 radical (unpaired) electrons. The Bertz CT molecular complexity index is 572. The van der Waals surface area contributed by atoms with Crippen LogP contribution >= 0.6 is 0 Å². The summed E-state index contributed by atoms with van der Waals surface area (Å²) in [6.07, 6.45) is 1.81. The molecule has 2 rings (SSSR count). The van der Waals surface area contributed by atoms with E-state index >= 15 is 0 Å². The molecule has 108 valence electrons. The van der Waals surface area contributed by atoms with E-state index in [1.54, 1.807) is 0 Å². The highest BCUT2D eigenvalue weighted by atomic mass is 19.1. The molecular weight excluding hydrogens is 253 g/mol. The lowest BCUT2D eigenvalue weighted by Gasteiger charge is -2.16. The molecule has 1 aromatic carbocycles. The number of hydrogen-bond donors (Lipinski definition) is 1. The Balaban J connectivity index is 2.11. The molecule has 1 N–H and O–H groups in total. The zero-order chi connectivity index (χ0) is 14.7. The molecular formula is C16H22FN3. The predicted molar refractivity (Wildman–Crippen MR) is 79.3 cm³/mol. The average Bonchev–Trinajstić information content (AvgIpc) is 2.66. The van der Waals surface area contributed by atoms with Crippen LogP contribution in [0.2, 0.25) is 0 Å². The molecule has 1 unspecified atom stereocenters. The largest absolute Gasteiger partial charge is 0.316 e. The zero-order valence-corrected chi connectivity index (χ0v) is 12.6. The normalized spacial score (nSPS) is 12.7. The number of hydrogen-bond acceptors (Lipinski definition) is 2. The maximum absolute atomic E-state index is 12.9. The van der Waals surface area contributed by atoms with Crippen molar-refractivity contribution in [2.45, 2.75) is 32.7 Å². The molecule has 3 nitrogen and oxygen atoms in total. The third-order valence-corrected chi connectivity index (χ3v) is 3.91. The quantitative estimate of drug-likeness (QED) is 0.909. The molecule has 0 saturated carbocycles. The van der Waals surface area contributed by atoms with Crippen LogP contribution in [-0.2, 0) is 19.9 Å². The van der Waals surface area contributed by atoms with Gasteiger partial charge >= 0.3 is 0 Å². The van der Waals surface area contributed by atoms with Crippen molar-refractivity contribution in [1.82, 2.24) is 15.1 Å². The van der Waals surface area contributed by atoms with Gasteiger partial charge in [-0.15, -0.1) is 0 Å². The molecule has 1 heterocycles. The van der Waals surface area contributed by atoms with E-state index in [9.17, 15) is 4.39 Å². The summed E-state index contributed by atoms with van der Waals surface area (Å²) in [6.45, 7) is 4.15. The van der Waals surface area contributed by atoms with Gasteiger partial charge in [0, 0.05) is 18.8 Å². The highest BCUT2D eigenvalue weighted by Crippen LogP contribution is 2.16. The number of likely N-dealkylation sites (N-methyl/N-ethyl adjacent to an activating group) is 1. The van der Waals surface area contributed by atoms with Gasteiger partial charge in [0.15, 0.2) is 0 Å². The van der Waals surface area contributed by atoms with E-state index in [2.05, 4.69) is 17.3 Å². The minimum atomic E-state index is -0.186. The first-order valence-electron chi connectivity index (χ1n) is 6.92. The van der Waals surface area contributed by atoms with E-state index < -0.39 is 0 Å². The van der Waals surface area contributed by atoms with E-state index in [1.807, 2.05) is 37.8 Å². The third-order valence-electron chi connectivity index (χ3n) is 3.91. The Morgan fingerprint density at radius 3 is 2.35 bits per heavy atom. The fourth-order valence-electron chi connectivity index (χ4n) is 2.54. The van der Waals surface area contributed by atoms with Crippen LogP contribution in [0.15, 0.2) is 24.3 Å². The highest BCUT2D eigenvalue weighted by molar-refractivity contribution is 5.26. The van der Waals surface area contributed by atoms with Crippen molar-refractivity contribution in [3.05, 3.63) is 52.6 Å². The van der Waals surface area contributed by atoms with Gasteiger partial charge in [0.05, 0.1) is 5.69 Å². The Kier molecular flexibility index (Phi) is 4.55. The summed E-state index contributed by atoms with van der Waals surface area (Å²) in [5.74, 6) is -0.186. The Hall–Kier alpha value is -1.68. The van der Waals surface area contributed by atoms with E-state index in [4.69, 9.17) is 0 Å². The first-order valence-corrected chi connectivity index (χ1v) is 6.92. The molecule has 0 bridgehead atoms. The summed E-state index contributed by atoms with van der Waals surface area (Å²) in [4.78, 5) is 0. The van der Waals surface area contributed by atoms with Gasteiger partial charge in [0.2, 0.25) is 0 Å². The van der Waals surface area contributed by atoms with Gasteiger partial charge in [-0.1, -0.05) is 12.1 Å². The fraction of sp³-hybridized carbons (Fsp3) is 0.438. The van der Waals surface area contributed by atoms with Crippen molar-refractivity contribution >= 4 is 0 Å². The van der Waals surface area contributed by atoms with Crippen molar-refractivity contribution in [2.75, 3.05) is 7.05 Å². The minimum absolute atomic E-state index is 0.186. The monoisotopic (exact) mass is 275 g/mol. The van der Waals surface area contributed by atoms with Crippen LogP contribution in [0, 0.1) is 19.7 Å². The Labute approximate surface area is 119 Å². The lowest BCUT2D eigenvalue weighted by Crippen LogP contribution is -2.30. The molecule has 2 aromatic rings. The topological polar surface area (TPSA) is 29.9 Å². The fourth-order valence-corrected chi connectivity index (χ4v) is 2.54. The van der Waals surface area contributed by atoms with Gasteiger partial charge < -0.3 is 5.32 Å². The number of benzene rings is 1. The molecule has 1 atom stereocenters. The smallest absolute Gasteiger partial charge is 0.123 e. The van der Waals surface area contributed by atoms with Crippen molar-refractivity contribution in [2.24, 2.45) is 7.05 Å². The van der Waals surface area contributed by atoms with E-state index in [1.165, 1.54) is 23.4 Å². The van der Waals surface area contributed by atoms with Crippen LogP contribution < -0.4 is 5.32 Å². The van der Waals surface area contributed by atoms with Gasteiger partial charge in [0.1, 0.15) is 5.82 Å². The number of aromatic nitrogens is 2. The number of aryl methyl sites for hydroxylation is 2. The van der Waals surface area contributed by atoms with E-state index in [0.29, 0.717) is 6.04 Å². The summed E-state index contributed by atoms with van der Waals surface area (Å²) in [5, 5.41) is 7.80. The summed E-state index contributed by atoms with van der Waals surface area (Å²) >= 11 is 0. The van der Waals surface area contributed by atoms with Gasteiger partial charge in [0.25, 0.3) is 0 Å². The highest BCUT2D eigenvalue weighted by Gasteiger charge is 2.15. The molecule has 0 aliphatic heterocycles. The maximum atomic E-state index is 12.9. The van der Waals surface area contributed by atoms with Gasteiger partial charge in [-0.05, 0) is 57.0 Å². The summed E-state index contributed by atoms with van der Waals surface area (Å²) in [6, 6.07) is 7.05. The van der Waals surface area contributed by atoms with Crippen LogP contribution in [0.3, 0.4) is 0 Å². The van der Waals surface area contributed by atoms with Crippen LogP contribution in [0.4, 0.5) is 4.39 Å². The molecule has 1 aromatic heterocycles. The summed E-state index contributed by atoms with van der Waals surface area (Å²) < 4.78 is 14.9. The second-order valence-electron chi connectivity index (χ2n) is 5.29. The number of halogens is 1. The Morgan fingerprint density at radius 1 is 1.20 bits per heavy atom. The van der Waals surface area contributed by atoms with Crippen LogP contribution in [-0.4, -0.2) is 22.9 Å². The van der Waals surface area contributed by atoms with Crippen molar-refractivity contribution in [3.63, 3.8) is 0 Å². The van der Waals surface area contributed by atoms with Crippen molar-refractivity contribution in [1.29, 1.82) is 0 Å². The Morgan fingerprint density at radius 2 is 1.85 bits per heavy atom. The maximum Gasteiger partial charge on any atom is 0.123 e. The predicted octanol–water partition coefficient (Wildman–Crippen LogP) is 2.55. The molecule has 0 spiro atoms. The van der Waals surface area contributed by atoms with E-state index in [0.717, 1.165) is 24.1 Å². The SMILES string of the molecule is CNC(Cc1ccc(F)cc1)Cc1c(C)nn(C)c1C. The zero-order valence-electron chi connectivity index (χ0n) is 12.6. The molecule has 0 aliphatic rings. The molecule has 4 heteroatoms. The van der Waals surface area contributed by atoms with Crippen LogP contribution in [0.5, 0.6) is 0 Å². The third kappa shape index (κ3) is 3.25. The number of nitrogens with one attached hydrogen (secondary N) is 1.